The van der Waals surface area contributed by atoms with Gasteiger partial charge >= 0.3 is 0 Å². The Morgan fingerprint density at radius 3 is 2.27 bits per heavy atom. The molecule has 0 fully saturated rings. The lowest BCUT2D eigenvalue weighted by atomic mass is 9.77. The Kier molecular flexibility index (Phi) is 3.63. The number of aromatic nitrogens is 1. The summed E-state index contributed by atoms with van der Waals surface area (Å²) in [4.78, 5) is 4.67. The highest BCUT2D eigenvalue weighted by molar-refractivity contribution is 5.87. The first-order chi connectivity index (χ1) is 12.2. The highest BCUT2D eigenvalue weighted by Crippen LogP contribution is 2.52. The predicted molar refractivity (Wildman–Crippen MR) is 111 cm³/mol. The van der Waals surface area contributed by atoms with Gasteiger partial charge < -0.3 is 0 Å². The first-order valence-electron chi connectivity index (χ1n) is 9.41. The van der Waals surface area contributed by atoms with Crippen molar-refractivity contribution in [2.24, 2.45) is 0 Å². The number of hydrogen-bond acceptors (Lipinski definition) is 1. The quantitative estimate of drug-likeness (QED) is 0.482. The number of aryl methyl sites for hydroxylation is 1. The molecule has 0 radical (unpaired) electrons. The number of benzene rings is 2. The highest BCUT2D eigenvalue weighted by Gasteiger charge is 2.38. The van der Waals surface area contributed by atoms with Crippen LogP contribution in [-0.4, -0.2) is 4.98 Å². The Labute approximate surface area is 157 Å². The molecular weight excluding hydrogens is 314 g/mol. The van der Waals surface area contributed by atoms with Crippen molar-refractivity contribution in [3.8, 4) is 22.4 Å². The Bertz CT molecular complexity index is 1000. The summed E-state index contributed by atoms with van der Waals surface area (Å²) < 4.78 is 0. The van der Waals surface area contributed by atoms with Crippen molar-refractivity contribution in [3.05, 3.63) is 77.0 Å². The lowest BCUT2D eigenvalue weighted by Gasteiger charge is -2.26. The highest BCUT2D eigenvalue weighted by atomic mass is 14.7. The molecule has 4 rings (SSSR count). The van der Waals surface area contributed by atoms with Gasteiger partial charge in [0.2, 0.25) is 0 Å². The molecule has 0 bridgehead atoms. The number of fused-ring (bicyclic) bond motifs is 3. The van der Waals surface area contributed by atoms with Crippen molar-refractivity contribution in [2.75, 3.05) is 0 Å². The molecule has 0 unspecified atom stereocenters. The van der Waals surface area contributed by atoms with Gasteiger partial charge in [-0.2, -0.15) is 0 Å². The molecule has 1 nitrogen and oxygen atoms in total. The van der Waals surface area contributed by atoms with Crippen molar-refractivity contribution < 1.29 is 0 Å². The monoisotopic (exact) mass is 341 g/mol. The molecule has 0 atom stereocenters. The van der Waals surface area contributed by atoms with E-state index in [9.17, 15) is 0 Å². The van der Waals surface area contributed by atoms with Gasteiger partial charge in [-0.05, 0) is 57.9 Å². The Morgan fingerprint density at radius 1 is 0.846 bits per heavy atom. The second kappa shape index (κ2) is 5.54. The average Bonchev–Trinajstić information content (AvgIpc) is 2.82. The van der Waals surface area contributed by atoms with Crippen molar-refractivity contribution in [2.45, 2.75) is 52.4 Å². The second-order valence-electron chi connectivity index (χ2n) is 9.08. The van der Waals surface area contributed by atoms with Gasteiger partial charge in [0.05, 0.1) is 5.69 Å². The summed E-state index contributed by atoms with van der Waals surface area (Å²) in [5.74, 6) is 0. The second-order valence-corrected chi connectivity index (χ2v) is 9.08. The van der Waals surface area contributed by atoms with Crippen LogP contribution in [0.2, 0.25) is 0 Å². The maximum atomic E-state index is 4.67. The van der Waals surface area contributed by atoms with E-state index in [-0.39, 0.29) is 10.8 Å². The Balaban J connectivity index is 1.97. The van der Waals surface area contributed by atoms with E-state index in [1.54, 1.807) is 0 Å². The van der Waals surface area contributed by atoms with E-state index in [0.717, 1.165) is 5.69 Å². The summed E-state index contributed by atoms with van der Waals surface area (Å²) in [5, 5.41) is 0. The van der Waals surface area contributed by atoms with Crippen molar-refractivity contribution in [1.29, 1.82) is 0 Å². The van der Waals surface area contributed by atoms with Crippen LogP contribution in [0, 0.1) is 6.92 Å². The van der Waals surface area contributed by atoms with E-state index in [2.05, 4.69) is 95.1 Å². The minimum absolute atomic E-state index is 0.0338. The molecule has 26 heavy (non-hydrogen) atoms. The van der Waals surface area contributed by atoms with Crippen molar-refractivity contribution in [3.63, 3.8) is 0 Å². The molecule has 1 aliphatic rings. The molecule has 2 aromatic carbocycles. The molecule has 0 saturated carbocycles. The zero-order chi connectivity index (χ0) is 18.7. The van der Waals surface area contributed by atoms with Crippen LogP contribution in [0.5, 0.6) is 0 Å². The van der Waals surface area contributed by atoms with Crippen LogP contribution in [0.3, 0.4) is 0 Å². The van der Waals surface area contributed by atoms with Crippen LogP contribution >= 0.6 is 0 Å². The molecule has 1 aromatic heterocycles. The van der Waals surface area contributed by atoms with Crippen LogP contribution in [0.1, 0.15) is 56.9 Å². The molecule has 0 spiro atoms. The third-order valence-corrected chi connectivity index (χ3v) is 5.73. The first-order valence-corrected chi connectivity index (χ1v) is 9.41. The molecule has 0 amide bonds. The molecule has 0 saturated heterocycles. The topological polar surface area (TPSA) is 12.9 Å². The van der Waals surface area contributed by atoms with E-state index < -0.39 is 0 Å². The number of nitrogens with zero attached hydrogens (tertiary/aromatic N) is 1. The minimum atomic E-state index is -0.0338. The smallest absolute Gasteiger partial charge is 0.0707 e. The van der Waals surface area contributed by atoms with Gasteiger partial charge in [0, 0.05) is 17.2 Å². The molecule has 1 heteroatoms. The lowest BCUT2D eigenvalue weighted by molar-refractivity contribution is 0.585. The fourth-order valence-electron chi connectivity index (χ4n) is 4.24. The van der Waals surface area contributed by atoms with Crippen molar-refractivity contribution >= 4 is 0 Å². The molecule has 1 heterocycles. The molecule has 1 aliphatic carbocycles. The minimum Gasteiger partial charge on any atom is -0.256 e. The number of rotatable bonds is 1. The number of hydrogen-bond donors (Lipinski definition) is 0. The van der Waals surface area contributed by atoms with E-state index in [1.807, 2.05) is 6.20 Å². The normalized spacial score (nSPS) is 14.8. The summed E-state index contributed by atoms with van der Waals surface area (Å²) in [5.41, 5.74) is 10.6. The molecule has 0 aliphatic heterocycles. The maximum absolute atomic E-state index is 4.67. The van der Waals surface area contributed by atoms with E-state index >= 15 is 0 Å². The van der Waals surface area contributed by atoms with Gasteiger partial charge in [-0.1, -0.05) is 71.0 Å². The number of pyridine rings is 1. The van der Waals surface area contributed by atoms with Crippen LogP contribution in [0.4, 0.5) is 0 Å². The standard InChI is InChI=1S/C25H27N/c1-16-12-13-26-22(14-16)20-9-7-8-19-18-11-10-17(24(2,3)4)15-21(18)25(5,6)23(19)20/h7-15H,1-6H3. The summed E-state index contributed by atoms with van der Waals surface area (Å²) in [6.45, 7) is 13.7. The van der Waals surface area contributed by atoms with Crippen molar-refractivity contribution in [1.82, 2.24) is 4.98 Å². The fourth-order valence-corrected chi connectivity index (χ4v) is 4.24. The van der Waals surface area contributed by atoms with E-state index in [0.29, 0.717) is 0 Å². The largest absolute Gasteiger partial charge is 0.256 e. The van der Waals surface area contributed by atoms with Crippen LogP contribution in [0.25, 0.3) is 22.4 Å². The average molecular weight is 341 g/mol. The summed E-state index contributed by atoms with van der Waals surface area (Å²) in [6, 6.07) is 17.9. The molecule has 0 N–H and O–H groups in total. The Hall–Kier alpha value is -2.41. The third kappa shape index (κ3) is 2.49. The third-order valence-electron chi connectivity index (χ3n) is 5.73. The van der Waals surface area contributed by atoms with Gasteiger partial charge in [-0.3, -0.25) is 4.98 Å². The molecule has 132 valence electrons. The zero-order valence-electron chi connectivity index (χ0n) is 16.6. The van der Waals surface area contributed by atoms with Gasteiger partial charge in [0.15, 0.2) is 0 Å². The molecule has 3 aromatic rings. The Morgan fingerprint density at radius 2 is 1.58 bits per heavy atom. The van der Waals surface area contributed by atoms with Gasteiger partial charge in [-0.25, -0.2) is 0 Å². The maximum Gasteiger partial charge on any atom is 0.0707 e. The molecular formula is C25H27N. The summed E-state index contributed by atoms with van der Waals surface area (Å²) in [6.07, 6.45) is 1.91. The van der Waals surface area contributed by atoms with Gasteiger partial charge in [-0.15, -0.1) is 0 Å². The van der Waals surface area contributed by atoms with E-state index in [4.69, 9.17) is 0 Å². The van der Waals surface area contributed by atoms with Crippen LogP contribution in [-0.2, 0) is 10.8 Å². The van der Waals surface area contributed by atoms with Gasteiger partial charge in [0.25, 0.3) is 0 Å². The SMILES string of the molecule is Cc1ccnc(-c2cccc3c2C(C)(C)c2cc(C(C)(C)C)ccc2-3)c1. The van der Waals surface area contributed by atoms with E-state index in [1.165, 1.54) is 38.9 Å². The lowest BCUT2D eigenvalue weighted by Crippen LogP contribution is -2.18. The predicted octanol–water partition coefficient (Wildman–Crippen LogP) is 6.66. The fraction of sp³-hybridized carbons (Fsp3) is 0.320. The summed E-state index contributed by atoms with van der Waals surface area (Å²) in [7, 11) is 0. The summed E-state index contributed by atoms with van der Waals surface area (Å²) >= 11 is 0. The zero-order valence-corrected chi connectivity index (χ0v) is 16.6. The van der Waals surface area contributed by atoms with Crippen LogP contribution < -0.4 is 0 Å². The van der Waals surface area contributed by atoms with Crippen LogP contribution in [0.15, 0.2) is 54.7 Å². The van der Waals surface area contributed by atoms with Gasteiger partial charge in [0.1, 0.15) is 0 Å². The first kappa shape index (κ1) is 17.0.